The molecule has 8 heteroatoms. The molecule has 28 heavy (non-hydrogen) atoms. The average Bonchev–Trinajstić information content (AvgIpc) is 3.14. The van der Waals surface area contributed by atoms with Gasteiger partial charge in [0.1, 0.15) is 5.82 Å². The van der Waals surface area contributed by atoms with Crippen LogP contribution in [0.4, 0.5) is 10.1 Å². The van der Waals surface area contributed by atoms with E-state index < -0.39 is 0 Å². The number of nitrogens with zero attached hydrogens (tertiary/aromatic N) is 3. The summed E-state index contributed by atoms with van der Waals surface area (Å²) in [4.78, 5) is 23.1. The van der Waals surface area contributed by atoms with Crippen LogP contribution in [0.3, 0.4) is 0 Å². The van der Waals surface area contributed by atoms with Gasteiger partial charge in [-0.05, 0) is 35.9 Å². The zero-order chi connectivity index (χ0) is 19.3. The Bertz CT molecular complexity index is 998. The Morgan fingerprint density at radius 2 is 2.04 bits per heavy atom. The summed E-state index contributed by atoms with van der Waals surface area (Å²) in [5.41, 5.74) is 2.54. The molecule has 1 aromatic heterocycles. The second-order valence-electron chi connectivity index (χ2n) is 6.22. The van der Waals surface area contributed by atoms with Crippen LogP contribution in [0, 0.1) is 5.82 Å². The van der Waals surface area contributed by atoms with Gasteiger partial charge >= 0.3 is 0 Å². The van der Waals surface area contributed by atoms with Crippen LogP contribution in [-0.4, -0.2) is 54.1 Å². The van der Waals surface area contributed by atoms with Crippen molar-refractivity contribution < 1.29 is 13.9 Å². The number of halogens is 1. The lowest BCUT2D eigenvalue weighted by molar-refractivity contribution is -0.132. The van der Waals surface area contributed by atoms with E-state index in [0.717, 1.165) is 25.8 Å². The number of fused-ring (bicyclic) bond motifs is 1. The molecule has 1 aliphatic rings. The number of thiazole rings is 1. The molecule has 144 valence electrons. The van der Waals surface area contributed by atoms with E-state index in [1.807, 2.05) is 23.1 Å². The molecule has 1 fully saturated rings. The van der Waals surface area contributed by atoms with Crippen LogP contribution < -0.4 is 0 Å². The number of rotatable bonds is 5. The highest BCUT2D eigenvalue weighted by atomic mass is 32.2. The summed E-state index contributed by atoms with van der Waals surface area (Å²) in [6, 6.07) is 12.0. The minimum atomic E-state index is -0.264. The highest BCUT2D eigenvalue weighted by molar-refractivity contribution is 8.01. The Kier molecular flexibility index (Phi) is 5.99. The average molecular weight is 416 g/mol. The second kappa shape index (κ2) is 8.81. The number of carbonyl (C=O) groups is 1. The molecule has 0 radical (unpaired) electrons. The predicted molar refractivity (Wildman–Crippen MR) is 111 cm³/mol. The van der Waals surface area contributed by atoms with E-state index in [1.165, 1.54) is 23.9 Å². The SMILES string of the molecule is O=C(CSc1nc2ccc(N=Cc3ccc(F)cc3)cc2s1)N1CCOCC1. The number of amides is 1. The lowest BCUT2D eigenvalue weighted by atomic mass is 10.2. The van der Waals surface area contributed by atoms with Crippen molar-refractivity contribution in [2.24, 2.45) is 4.99 Å². The van der Waals surface area contributed by atoms with Gasteiger partial charge in [0.25, 0.3) is 0 Å². The first-order chi connectivity index (χ1) is 13.7. The molecule has 0 spiro atoms. The fourth-order valence-corrected chi connectivity index (χ4v) is 4.76. The van der Waals surface area contributed by atoms with E-state index in [1.54, 1.807) is 29.7 Å². The minimum absolute atomic E-state index is 0.122. The maximum atomic E-state index is 13.0. The zero-order valence-electron chi connectivity index (χ0n) is 15.0. The van der Waals surface area contributed by atoms with E-state index in [4.69, 9.17) is 4.74 Å². The predicted octanol–water partition coefficient (Wildman–Crippen LogP) is 4.14. The molecular weight excluding hydrogens is 397 g/mol. The van der Waals surface area contributed by atoms with E-state index in [9.17, 15) is 9.18 Å². The van der Waals surface area contributed by atoms with Gasteiger partial charge in [-0.1, -0.05) is 23.9 Å². The standard InChI is InChI=1S/C20H18FN3O2S2/c21-15-3-1-14(2-4-15)12-22-16-5-6-17-18(11-16)28-20(23-17)27-13-19(25)24-7-9-26-10-8-24/h1-6,11-12H,7-10,13H2. The largest absolute Gasteiger partial charge is 0.378 e. The molecule has 0 atom stereocenters. The highest BCUT2D eigenvalue weighted by Gasteiger charge is 2.17. The van der Waals surface area contributed by atoms with Crippen molar-refractivity contribution in [1.29, 1.82) is 0 Å². The van der Waals surface area contributed by atoms with Crippen molar-refractivity contribution in [3.8, 4) is 0 Å². The maximum absolute atomic E-state index is 13.0. The molecule has 3 aromatic rings. The van der Waals surface area contributed by atoms with Crippen molar-refractivity contribution in [3.05, 3.63) is 53.8 Å². The molecule has 1 saturated heterocycles. The number of morpholine rings is 1. The third-order valence-electron chi connectivity index (χ3n) is 4.27. The number of aliphatic imine (C=N–C) groups is 1. The third kappa shape index (κ3) is 4.76. The van der Waals surface area contributed by atoms with Gasteiger partial charge in [0, 0.05) is 19.3 Å². The summed E-state index contributed by atoms with van der Waals surface area (Å²) in [7, 11) is 0. The molecule has 1 aliphatic heterocycles. The summed E-state index contributed by atoms with van der Waals surface area (Å²) in [5.74, 6) is 0.243. The van der Waals surface area contributed by atoms with E-state index >= 15 is 0 Å². The van der Waals surface area contributed by atoms with Crippen molar-refractivity contribution in [2.45, 2.75) is 4.34 Å². The van der Waals surface area contributed by atoms with Crippen LogP contribution in [-0.2, 0) is 9.53 Å². The van der Waals surface area contributed by atoms with Gasteiger partial charge in [0.15, 0.2) is 4.34 Å². The third-order valence-corrected chi connectivity index (χ3v) is 6.41. The van der Waals surface area contributed by atoms with Crippen molar-refractivity contribution in [1.82, 2.24) is 9.88 Å². The first-order valence-corrected chi connectivity index (χ1v) is 10.7. The highest BCUT2D eigenvalue weighted by Crippen LogP contribution is 2.32. The summed E-state index contributed by atoms with van der Waals surface area (Å²) >= 11 is 3.02. The summed E-state index contributed by atoms with van der Waals surface area (Å²) < 4.78 is 20.1. The Labute approximate surface area is 170 Å². The molecular formula is C20H18FN3O2S2. The monoisotopic (exact) mass is 415 g/mol. The smallest absolute Gasteiger partial charge is 0.233 e. The van der Waals surface area contributed by atoms with Gasteiger partial charge in [-0.25, -0.2) is 9.37 Å². The Balaban J connectivity index is 1.41. The Morgan fingerprint density at radius 1 is 1.25 bits per heavy atom. The van der Waals surface area contributed by atoms with Crippen molar-refractivity contribution in [2.75, 3.05) is 32.1 Å². The number of hydrogen-bond donors (Lipinski definition) is 0. The number of benzene rings is 2. The van der Waals surface area contributed by atoms with Gasteiger partial charge in [0.2, 0.25) is 5.91 Å². The number of ether oxygens (including phenoxy) is 1. The topological polar surface area (TPSA) is 54.8 Å². The number of aromatic nitrogens is 1. The second-order valence-corrected chi connectivity index (χ2v) is 8.48. The first-order valence-electron chi connectivity index (χ1n) is 8.86. The molecule has 0 unspecified atom stereocenters. The van der Waals surface area contributed by atoms with Gasteiger partial charge in [-0.3, -0.25) is 9.79 Å². The van der Waals surface area contributed by atoms with Gasteiger partial charge in [0.05, 0.1) is 34.9 Å². The molecule has 0 N–H and O–H groups in total. The van der Waals surface area contributed by atoms with Crippen LogP contribution in [0.2, 0.25) is 0 Å². The molecule has 0 bridgehead atoms. The Hall–Kier alpha value is -2.29. The van der Waals surface area contributed by atoms with Crippen LogP contribution in [0.5, 0.6) is 0 Å². The number of carbonyl (C=O) groups excluding carboxylic acids is 1. The molecule has 0 aliphatic carbocycles. The summed E-state index contributed by atoms with van der Waals surface area (Å²) in [6.45, 7) is 2.54. The molecule has 5 nitrogen and oxygen atoms in total. The normalized spacial score (nSPS) is 14.8. The summed E-state index contributed by atoms with van der Waals surface area (Å²) in [6.07, 6.45) is 1.71. The lowest BCUT2D eigenvalue weighted by Crippen LogP contribution is -2.41. The van der Waals surface area contributed by atoms with E-state index in [-0.39, 0.29) is 11.7 Å². The minimum Gasteiger partial charge on any atom is -0.378 e. The lowest BCUT2D eigenvalue weighted by Gasteiger charge is -2.26. The number of hydrogen-bond acceptors (Lipinski definition) is 6. The fourth-order valence-electron chi connectivity index (χ4n) is 2.76. The van der Waals surface area contributed by atoms with Crippen LogP contribution in [0.25, 0.3) is 10.2 Å². The molecule has 4 rings (SSSR count). The molecule has 2 aromatic carbocycles. The molecule has 1 amide bonds. The zero-order valence-corrected chi connectivity index (χ0v) is 16.6. The number of thioether (sulfide) groups is 1. The summed E-state index contributed by atoms with van der Waals surface area (Å²) in [5, 5.41) is 0. The first kappa shape index (κ1) is 19.0. The van der Waals surface area contributed by atoms with Crippen LogP contribution >= 0.6 is 23.1 Å². The van der Waals surface area contributed by atoms with Crippen LogP contribution in [0.15, 0.2) is 51.8 Å². The van der Waals surface area contributed by atoms with E-state index in [0.29, 0.717) is 32.1 Å². The van der Waals surface area contributed by atoms with E-state index in [2.05, 4.69) is 9.98 Å². The molecule has 0 saturated carbocycles. The van der Waals surface area contributed by atoms with Gasteiger partial charge in [-0.15, -0.1) is 11.3 Å². The quantitative estimate of drug-likeness (QED) is 0.464. The van der Waals surface area contributed by atoms with Crippen molar-refractivity contribution >= 4 is 51.1 Å². The molecule has 2 heterocycles. The maximum Gasteiger partial charge on any atom is 0.233 e. The Morgan fingerprint density at radius 3 is 2.82 bits per heavy atom. The van der Waals surface area contributed by atoms with Gasteiger partial charge in [-0.2, -0.15) is 0 Å². The fraction of sp³-hybridized carbons (Fsp3) is 0.250. The van der Waals surface area contributed by atoms with Crippen LogP contribution in [0.1, 0.15) is 5.56 Å². The van der Waals surface area contributed by atoms with Gasteiger partial charge < -0.3 is 9.64 Å². The van der Waals surface area contributed by atoms with Crippen molar-refractivity contribution in [3.63, 3.8) is 0 Å².